The Bertz CT molecular complexity index is 3130. The first kappa shape index (κ1) is 27.9. The van der Waals surface area contributed by atoms with Gasteiger partial charge in [0.2, 0.25) is 5.95 Å². The van der Waals surface area contributed by atoms with E-state index in [-0.39, 0.29) is 0 Å². The van der Waals surface area contributed by atoms with Gasteiger partial charge < -0.3 is 8.98 Å². The number of aromatic nitrogens is 4. The minimum atomic E-state index is 0.615. The summed E-state index contributed by atoms with van der Waals surface area (Å²) in [6.07, 6.45) is 0. The van der Waals surface area contributed by atoms with Gasteiger partial charge in [0.05, 0.1) is 33.5 Å². The van der Waals surface area contributed by atoms with Crippen molar-refractivity contribution in [1.82, 2.24) is 19.1 Å². The lowest BCUT2D eigenvalue weighted by atomic mass is 10.1. The molecule has 0 aliphatic rings. The van der Waals surface area contributed by atoms with Crippen LogP contribution in [0.1, 0.15) is 0 Å². The van der Waals surface area contributed by atoms with E-state index in [9.17, 15) is 0 Å². The Morgan fingerprint density at radius 2 is 0.922 bits per heavy atom. The molecule has 0 amide bonds. The largest absolute Gasteiger partial charge is 0.456 e. The minimum Gasteiger partial charge on any atom is -0.456 e. The maximum absolute atomic E-state index is 6.31. The van der Waals surface area contributed by atoms with Crippen molar-refractivity contribution in [2.45, 2.75) is 0 Å². The summed E-state index contributed by atoms with van der Waals surface area (Å²) in [6.45, 7) is 0. The van der Waals surface area contributed by atoms with Crippen LogP contribution >= 0.6 is 0 Å². The first-order valence-corrected chi connectivity index (χ1v) is 17.2. The Morgan fingerprint density at radius 3 is 1.67 bits per heavy atom. The second-order valence-electron chi connectivity index (χ2n) is 13.0. The third kappa shape index (κ3) is 4.22. The number of hydrogen-bond donors (Lipinski definition) is 0. The van der Waals surface area contributed by atoms with Gasteiger partial charge in [-0.2, -0.15) is 0 Å². The van der Waals surface area contributed by atoms with Gasteiger partial charge in [-0.25, -0.2) is 9.97 Å². The van der Waals surface area contributed by atoms with E-state index in [2.05, 4.69) is 155 Å². The van der Waals surface area contributed by atoms with Crippen LogP contribution in [0, 0.1) is 0 Å². The summed E-state index contributed by atoms with van der Waals surface area (Å²) in [5.41, 5.74) is 10.9. The first-order chi connectivity index (χ1) is 25.3. The Balaban J connectivity index is 1.22. The second-order valence-corrected chi connectivity index (χ2v) is 13.0. The summed E-state index contributed by atoms with van der Waals surface area (Å²) in [6, 6.07) is 59.5. The second kappa shape index (κ2) is 10.8. The quantitative estimate of drug-likeness (QED) is 0.190. The highest BCUT2D eigenvalue weighted by atomic mass is 16.3. The number of para-hydroxylation sites is 4. The number of hydrogen-bond acceptors (Lipinski definition) is 3. The Hall–Kier alpha value is -6.98. The summed E-state index contributed by atoms with van der Waals surface area (Å²) in [5.74, 6) is 0.615. The third-order valence-corrected chi connectivity index (χ3v) is 10.1. The average molecular weight is 653 g/mol. The van der Waals surface area contributed by atoms with Gasteiger partial charge in [-0.3, -0.25) is 4.57 Å². The molecule has 4 aromatic heterocycles. The average Bonchev–Trinajstić information content (AvgIpc) is 3.84. The number of furan rings is 1. The number of benzene rings is 7. The van der Waals surface area contributed by atoms with Gasteiger partial charge in [-0.1, -0.05) is 109 Å². The van der Waals surface area contributed by atoms with Crippen molar-refractivity contribution in [2.75, 3.05) is 0 Å². The van der Waals surface area contributed by atoms with Gasteiger partial charge in [0.25, 0.3) is 0 Å². The molecule has 0 N–H and O–H groups in total. The van der Waals surface area contributed by atoms with Crippen molar-refractivity contribution in [1.29, 1.82) is 0 Å². The lowest BCUT2D eigenvalue weighted by Crippen LogP contribution is -2.04. The Labute approximate surface area is 292 Å². The zero-order chi connectivity index (χ0) is 33.5. The van der Waals surface area contributed by atoms with Gasteiger partial charge in [0.1, 0.15) is 11.2 Å². The highest BCUT2D eigenvalue weighted by Gasteiger charge is 2.21. The molecular weight excluding hydrogens is 625 g/mol. The SMILES string of the molecule is c1ccc(-c2cc(-c3ccc4c(c3)oc3ccccc34)nc(-n3c4ccccc4c4cc5c6ccccc6n(-c6ccccc6)c5cc43)n2)cc1. The third-order valence-electron chi connectivity index (χ3n) is 10.1. The van der Waals surface area contributed by atoms with Gasteiger partial charge >= 0.3 is 0 Å². The fraction of sp³-hybridized carbons (Fsp3) is 0. The summed E-state index contributed by atoms with van der Waals surface area (Å²) in [4.78, 5) is 10.6. The normalized spacial score (nSPS) is 11.9. The van der Waals surface area contributed by atoms with Crippen LogP contribution in [0.5, 0.6) is 0 Å². The van der Waals surface area contributed by atoms with E-state index in [4.69, 9.17) is 14.4 Å². The molecule has 0 saturated heterocycles. The maximum atomic E-state index is 6.31. The lowest BCUT2D eigenvalue weighted by Gasteiger charge is -2.12. The summed E-state index contributed by atoms with van der Waals surface area (Å²) >= 11 is 0. The summed E-state index contributed by atoms with van der Waals surface area (Å²) in [5, 5.41) is 6.95. The van der Waals surface area contributed by atoms with Crippen molar-refractivity contribution in [3.8, 4) is 34.2 Å². The van der Waals surface area contributed by atoms with Crippen molar-refractivity contribution in [3.05, 3.63) is 170 Å². The van der Waals surface area contributed by atoms with E-state index in [1.165, 1.54) is 16.3 Å². The van der Waals surface area contributed by atoms with E-state index in [0.717, 1.165) is 77.5 Å². The van der Waals surface area contributed by atoms with Crippen LogP contribution in [-0.4, -0.2) is 19.1 Å². The Kier molecular flexibility index (Phi) is 5.89. The van der Waals surface area contributed by atoms with Crippen molar-refractivity contribution in [2.24, 2.45) is 0 Å². The molecule has 0 bridgehead atoms. The smallest absolute Gasteiger partial charge is 0.235 e. The highest BCUT2D eigenvalue weighted by molar-refractivity contribution is 6.19. The summed E-state index contributed by atoms with van der Waals surface area (Å²) < 4.78 is 10.9. The van der Waals surface area contributed by atoms with Gasteiger partial charge in [-0.05, 0) is 60.7 Å². The molecule has 11 rings (SSSR count). The zero-order valence-electron chi connectivity index (χ0n) is 27.4. The van der Waals surface area contributed by atoms with Crippen LogP contribution in [0.4, 0.5) is 0 Å². The van der Waals surface area contributed by atoms with Crippen LogP contribution < -0.4 is 0 Å². The number of rotatable bonds is 4. The van der Waals surface area contributed by atoms with Crippen LogP contribution in [0.25, 0.3) is 99.7 Å². The van der Waals surface area contributed by atoms with Crippen molar-refractivity contribution in [3.63, 3.8) is 0 Å². The molecule has 5 nitrogen and oxygen atoms in total. The number of nitrogens with zero attached hydrogens (tertiary/aromatic N) is 4. The predicted molar refractivity (Wildman–Crippen MR) is 209 cm³/mol. The fourth-order valence-corrected chi connectivity index (χ4v) is 7.83. The van der Waals surface area contributed by atoms with Crippen molar-refractivity contribution >= 4 is 65.6 Å². The molecule has 0 radical (unpaired) electrons. The minimum absolute atomic E-state index is 0.615. The molecule has 0 aliphatic carbocycles. The molecule has 5 heteroatoms. The van der Waals surface area contributed by atoms with E-state index >= 15 is 0 Å². The molecule has 0 saturated carbocycles. The van der Waals surface area contributed by atoms with Crippen LogP contribution in [-0.2, 0) is 0 Å². The summed E-state index contributed by atoms with van der Waals surface area (Å²) in [7, 11) is 0. The van der Waals surface area contributed by atoms with Crippen LogP contribution in [0.15, 0.2) is 174 Å². The lowest BCUT2D eigenvalue weighted by molar-refractivity contribution is 0.669. The van der Waals surface area contributed by atoms with E-state index in [1.807, 2.05) is 24.3 Å². The molecule has 238 valence electrons. The number of fused-ring (bicyclic) bond motifs is 9. The fourth-order valence-electron chi connectivity index (χ4n) is 7.83. The standard InChI is InChI=1S/C46H28N4O/c1-3-13-29(14-4-1)38-27-39(30-23-24-35-34-19-9-12-22-44(34)51-45(35)25-30)48-46(47-38)50-41-21-11-8-18-33(41)37-26-36-32-17-7-10-20-40(32)49(42(36)28-43(37)50)31-15-5-2-6-16-31/h1-28H. The highest BCUT2D eigenvalue weighted by Crippen LogP contribution is 2.40. The molecule has 0 atom stereocenters. The zero-order valence-corrected chi connectivity index (χ0v) is 27.4. The molecule has 11 aromatic rings. The molecule has 4 heterocycles. The van der Waals surface area contributed by atoms with E-state index in [0.29, 0.717) is 5.95 Å². The van der Waals surface area contributed by atoms with Gasteiger partial charge in [0.15, 0.2) is 0 Å². The van der Waals surface area contributed by atoms with Crippen LogP contribution in [0.3, 0.4) is 0 Å². The predicted octanol–water partition coefficient (Wildman–Crippen LogP) is 11.9. The van der Waals surface area contributed by atoms with Gasteiger partial charge in [0, 0.05) is 49.1 Å². The molecule has 0 unspecified atom stereocenters. The Morgan fingerprint density at radius 1 is 0.353 bits per heavy atom. The maximum Gasteiger partial charge on any atom is 0.235 e. The monoisotopic (exact) mass is 652 g/mol. The molecule has 0 aliphatic heterocycles. The van der Waals surface area contributed by atoms with Crippen molar-refractivity contribution < 1.29 is 4.42 Å². The molecule has 51 heavy (non-hydrogen) atoms. The first-order valence-electron chi connectivity index (χ1n) is 17.2. The molecular formula is C46H28N4O. The van der Waals surface area contributed by atoms with Crippen LogP contribution in [0.2, 0.25) is 0 Å². The molecule has 0 spiro atoms. The molecule has 0 fully saturated rings. The topological polar surface area (TPSA) is 48.8 Å². The van der Waals surface area contributed by atoms with E-state index in [1.54, 1.807) is 0 Å². The molecule has 7 aromatic carbocycles. The van der Waals surface area contributed by atoms with Gasteiger partial charge in [-0.15, -0.1) is 0 Å². The van der Waals surface area contributed by atoms with E-state index < -0.39 is 0 Å².